The molecule has 3 aliphatic rings. The van der Waals surface area contributed by atoms with E-state index < -0.39 is 0 Å². The molecule has 0 bridgehead atoms. The largest absolute Gasteiger partial charge is 0.358 e. The summed E-state index contributed by atoms with van der Waals surface area (Å²) in [6, 6.07) is 37.4. The lowest BCUT2D eigenvalue weighted by Crippen LogP contribution is -2.43. The van der Waals surface area contributed by atoms with Gasteiger partial charge in [-0.25, -0.2) is 0 Å². The lowest BCUT2D eigenvalue weighted by molar-refractivity contribution is 0.343. The molecule has 0 N–H and O–H groups in total. The van der Waals surface area contributed by atoms with Gasteiger partial charge in [-0.1, -0.05) is 122 Å². The van der Waals surface area contributed by atoms with Gasteiger partial charge in [0.15, 0.2) is 0 Å². The topological polar surface area (TPSA) is 6.48 Å². The van der Waals surface area contributed by atoms with E-state index in [0.717, 1.165) is 6.42 Å². The van der Waals surface area contributed by atoms with Crippen LogP contribution in [0.2, 0.25) is 0 Å². The highest BCUT2D eigenvalue weighted by Gasteiger charge is 2.38. The van der Waals surface area contributed by atoms with Gasteiger partial charge in [-0.15, -0.1) is 0 Å². The Bertz CT molecular complexity index is 1700. The molecule has 3 atom stereocenters. The minimum absolute atomic E-state index is 0.0751. The SMILES string of the molecule is Cc1ccc(N(c2ccc(C)cc2)c2ccc(C3(C4=CCC(N(c5ccc(C)cc5)C5C=CC(C)CC5)C=C4)CCCCC3)cc2)cc1. The first-order valence-corrected chi connectivity index (χ1v) is 18.4. The molecule has 7 rings (SSSR count). The molecule has 0 heterocycles. The summed E-state index contributed by atoms with van der Waals surface area (Å²) < 4.78 is 0. The maximum absolute atomic E-state index is 2.69. The first kappa shape index (κ1) is 32.3. The van der Waals surface area contributed by atoms with Crippen LogP contribution in [0.4, 0.5) is 22.7 Å². The van der Waals surface area contributed by atoms with Crippen molar-refractivity contribution in [2.45, 2.75) is 96.6 Å². The second-order valence-corrected chi connectivity index (χ2v) is 14.8. The molecule has 0 aromatic heterocycles. The fourth-order valence-corrected chi connectivity index (χ4v) is 8.36. The predicted molar refractivity (Wildman–Crippen MR) is 206 cm³/mol. The number of hydrogen-bond donors (Lipinski definition) is 0. The van der Waals surface area contributed by atoms with Gasteiger partial charge in [0.05, 0.1) is 6.04 Å². The first-order valence-electron chi connectivity index (χ1n) is 18.4. The number of benzene rings is 4. The minimum Gasteiger partial charge on any atom is -0.358 e. The molecule has 0 saturated heterocycles. The van der Waals surface area contributed by atoms with E-state index in [2.05, 4.69) is 165 Å². The van der Waals surface area contributed by atoms with Gasteiger partial charge >= 0.3 is 0 Å². The van der Waals surface area contributed by atoms with Crippen molar-refractivity contribution in [2.75, 3.05) is 9.80 Å². The number of rotatable bonds is 8. The molecule has 0 spiro atoms. The molecule has 0 amide bonds. The lowest BCUT2D eigenvalue weighted by atomic mass is 9.64. The van der Waals surface area contributed by atoms with Gasteiger partial charge in [0, 0.05) is 34.2 Å². The van der Waals surface area contributed by atoms with Gasteiger partial charge in [-0.2, -0.15) is 0 Å². The Balaban J connectivity index is 1.19. The second kappa shape index (κ2) is 14.0. The average molecular weight is 633 g/mol. The normalized spacial score (nSPS) is 21.8. The maximum atomic E-state index is 2.69. The molecule has 48 heavy (non-hydrogen) atoms. The molecule has 3 unspecified atom stereocenters. The number of anilines is 4. The Morgan fingerprint density at radius 1 is 0.542 bits per heavy atom. The van der Waals surface area contributed by atoms with Crippen molar-refractivity contribution in [2.24, 2.45) is 5.92 Å². The van der Waals surface area contributed by atoms with E-state index in [4.69, 9.17) is 0 Å². The fourth-order valence-electron chi connectivity index (χ4n) is 8.36. The van der Waals surface area contributed by atoms with Gasteiger partial charge in [-0.05, 0) is 118 Å². The Hall–Kier alpha value is -4.30. The zero-order valence-corrected chi connectivity index (χ0v) is 29.4. The van der Waals surface area contributed by atoms with Crippen LogP contribution in [-0.4, -0.2) is 12.1 Å². The summed E-state index contributed by atoms with van der Waals surface area (Å²) in [7, 11) is 0. The van der Waals surface area contributed by atoms with E-state index in [1.54, 1.807) is 0 Å². The van der Waals surface area contributed by atoms with E-state index in [-0.39, 0.29) is 5.41 Å². The summed E-state index contributed by atoms with van der Waals surface area (Å²) in [5.41, 5.74) is 11.9. The van der Waals surface area contributed by atoms with Crippen LogP contribution in [0, 0.1) is 26.7 Å². The van der Waals surface area contributed by atoms with E-state index in [0.29, 0.717) is 18.0 Å². The van der Waals surface area contributed by atoms with Crippen molar-refractivity contribution in [1.82, 2.24) is 0 Å². The molecule has 1 saturated carbocycles. The van der Waals surface area contributed by atoms with E-state index in [1.165, 1.54) is 95.5 Å². The highest BCUT2D eigenvalue weighted by Crippen LogP contribution is 2.48. The fraction of sp³-hybridized carbons (Fsp3) is 0.348. The number of nitrogens with zero attached hydrogens (tertiary/aromatic N) is 2. The van der Waals surface area contributed by atoms with Crippen molar-refractivity contribution in [3.8, 4) is 0 Å². The van der Waals surface area contributed by atoms with Gasteiger partial charge < -0.3 is 9.80 Å². The van der Waals surface area contributed by atoms with Crippen LogP contribution in [0.25, 0.3) is 0 Å². The number of hydrogen-bond acceptors (Lipinski definition) is 2. The van der Waals surface area contributed by atoms with Crippen LogP contribution in [0.1, 0.15) is 80.5 Å². The summed E-state index contributed by atoms with van der Waals surface area (Å²) in [4.78, 5) is 5.08. The average Bonchev–Trinajstić information content (AvgIpc) is 3.13. The highest BCUT2D eigenvalue weighted by molar-refractivity contribution is 5.77. The van der Waals surface area contributed by atoms with Crippen LogP contribution < -0.4 is 9.80 Å². The van der Waals surface area contributed by atoms with Crippen LogP contribution in [0.15, 0.2) is 133 Å². The molecule has 4 aromatic carbocycles. The summed E-state index contributed by atoms with van der Waals surface area (Å²) in [6.45, 7) is 8.84. The molecule has 2 nitrogen and oxygen atoms in total. The Labute approximate surface area is 289 Å². The molecule has 246 valence electrons. The van der Waals surface area contributed by atoms with E-state index >= 15 is 0 Å². The zero-order chi connectivity index (χ0) is 33.1. The molecular formula is C46H52N2. The smallest absolute Gasteiger partial charge is 0.0517 e. The monoisotopic (exact) mass is 632 g/mol. The summed E-state index contributed by atoms with van der Waals surface area (Å²) >= 11 is 0. The van der Waals surface area contributed by atoms with Gasteiger partial charge in [-0.3, -0.25) is 0 Å². The predicted octanol–water partition coefficient (Wildman–Crippen LogP) is 12.4. The quantitative estimate of drug-likeness (QED) is 0.178. The summed E-state index contributed by atoms with van der Waals surface area (Å²) in [6.07, 6.45) is 22.4. The molecule has 2 heteroatoms. The van der Waals surface area contributed by atoms with Crippen LogP contribution in [-0.2, 0) is 5.41 Å². The molecule has 1 fully saturated rings. The van der Waals surface area contributed by atoms with Crippen LogP contribution in [0.5, 0.6) is 0 Å². The van der Waals surface area contributed by atoms with Crippen molar-refractivity contribution >= 4 is 22.7 Å². The molecule has 0 aliphatic heterocycles. The number of aryl methyl sites for hydroxylation is 3. The van der Waals surface area contributed by atoms with Crippen LogP contribution >= 0.6 is 0 Å². The van der Waals surface area contributed by atoms with Gasteiger partial charge in [0.25, 0.3) is 0 Å². The lowest BCUT2D eigenvalue weighted by Gasteiger charge is -2.43. The van der Waals surface area contributed by atoms with Crippen LogP contribution in [0.3, 0.4) is 0 Å². The standard InChI is InChI=1S/C46H52N2/c1-34-8-20-40(21-9-34)47(41-22-10-35(2)11-23-41)44-28-16-38(17-29-44)46(32-6-5-7-33-46)39-18-30-45(31-19-39)48(42-24-12-36(3)13-25-42)43-26-14-37(4)15-27-43/h8-14,16-26,28-30,37,43,45H,5-7,15,27,31-33H2,1-4H3. The van der Waals surface area contributed by atoms with Crippen molar-refractivity contribution in [1.29, 1.82) is 0 Å². The Morgan fingerprint density at radius 2 is 1.06 bits per heavy atom. The van der Waals surface area contributed by atoms with E-state index in [1.807, 2.05) is 0 Å². The van der Waals surface area contributed by atoms with Crippen molar-refractivity contribution in [3.63, 3.8) is 0 Å². The van der Waals surface area contributed by atoms with Gasteiger partial charge in [0.2, 0.25) is 0 Å². The first-order chi connectivity index (χ1) is 23.4. The molecular weight excluding hydrogens is 581 g/mol. The third-order valence-electron chi connectivity index (χ3n) is 11.2. The molecule has 4 aromatic rings. The highest BCUT2D eigenvalue weighted by atomic mass is 15.2. The van der Waals surface area contributed by atoms with E-state index in [9.17, 15) is 0 Å². The van der Waals surface area contributed by atoms with Crippen molar-refractivity contribution in [3.05, 3.63) is 155 Å². The summed E-state index contributed by atoms with van der Waals surface area (Å²) in [5.74, 6) is 0.674. The third-order valence-corrected chi connectivity index (χ3v) is 11.2. The summed E-state index contributed by atoms with van der Waals surface area (Å²) in [5, 5.41) is 0. The number of allylic oxidation sites excluding steroid dienone is 3. The third kappa shape index (κ3) is 6.68. The Morgan fingerprint density at radius 3 is 1.54 bits per heavy atom. The minimum atomic E-state index is 0.0751. The second-order valence-electron chi connectivity index (χ2n) is 14.8. The zero-order valence-electron chi connectivity index (χ0n) is 29.4. The van der Waals surface area contributed by atoms with Gasteiger partial charge in [0.1, 0.15) is 0 Å². The molecule has 0 radical (unpaired) electrons. The van der Waals surface area contributed by atoms with Crippen molar-refractivity contribution < 1.29 is 0 Å². The molecule has 3 aliphatic carbocycles. The Kier molecular flexibility index (Phi) is 9.44. The maximum Gasteiger partial charge on any atom is 0.0517 e.